The van der Waals surface area contributed by atoms with E-state index in [1.165, 1.54) is 5.56 Å². The van der Waals surface area contributed by atoms with Gasteiger partial charge in [-0.05, 0) is 45.4 Å². The molecule has 0 aliphatic carbocycles. The number of aliphatic hydroxyl groups excluding tert-OH is 1. The maximum Gasteiger partial charge on any atom is 0.119 e. The standard InChI is InChI=1S/C14H23NO2/c1-12-5-7-14(8-6-12)17-10-4-3-9-15-11-13(2)16/h5-8,13,15-16H,3-4,9-11H2,1-2H3. The molecular formula is C14H23NO2. The predicted octanol–water partition coefficient (Wildman–Crippen LogP) is 2.12. The molecule has 0 aromatic heterocycles. The highest BCUT2D eigenvalue weighted by Crippen LogP contribution is 2.11. The van der Waals surface area contributed by atoms with Crippen LogP contribution in [0.1, 0.15) is 25.3 Å². The molecule has 0 spiro atoms. The van der Waals surface area contributed by atoms with Crippen LogP contribution in [-0.2, 0) is 0 Å². The zero-order valence-corrected chi connectivity index (χ0v) is 10.8. The van der Waals surface area contributed by atoms with Crippen LogP contribution < -0.4 is 10.1 Å². The Hall–Kier alpha value is -1.06. The number of ether oxygens (including phenoxy) is 1. The summed E-state index contributed by atoms with van der Waals surface area (Å²) < 4.78 is 5.61. The summed E-state index contributed by atoms with van der Waals surface area (Å²) in [6, 6.07) is 8.11. The fraction of sp³-hybridized carbons (Fsp3) is 0.571. The smallest absolute Gasteiger partial charge is 0.119 e. The molecule has 2 N–H and O–H groups in total. The summed E-state index contributed by atoms with van der Waals surface area (Å²) in [4.78, 5) is 0. The maximum absolute atomic E-state index is 9.04. The summed E-state index contributed by atoms with van der Waals surface area (Å²) >= 11 is 0. The van der Waals surface area contributed by atoms with Gasteiger partial charge in [0.15, 0.2) is 0 Å². The fourth-order valence-corrected chi connectivity index (χ4v) is 1.49. The summed E-state index contributed by atoms with van der Waals surface area (Å²) in [5.74, 6) is 0.938. The van der Waals surface area contributed by atoms with Crippen LogP contribution in [0.2, 0.25) is 0 Å². The van der Waals surface area contributed by atoms with Crippen molar-refractivity contribution < 1.29 is 9.84 Å². The summed E-state index contributed by atoms with van der Waals surface area (Å²) in [7, 11) is 0. The molecule has 0 heterocycles. The summed E-state index contributed by atoms with van der Waals surface area (Å²) in [5, 5.41) is 12.2. The van der Waals surface area contributed by atoms with Crippen LogP contribution in [0.4, 0.5) is 0 Å². The lowest BCUT2D eigenvalue weighted by Gasteiger charge is -2.08. The van der Waals surface area contributed by atoms with Gasteiger partial charge in [0, 0.05) is 6.54 Å². The molecule has 0 saturated carbocycles. The summed E-state index contributed by atoms with van der Waals surface area (Å²) in [6.45, 7) is 6.20. The molecule has 1 aromatic rings. The van der Waals surface area contributed by atoms with E-state index in [4.69, 9.17) is 9.84 Å². The van der Waals surface area contributed by atoms with Crippen molar-refractivity contribution in [2.75, 3.05) is 19.7 Å². The number of hydrogen-bond donors (Lipinski definition) is 2. The largest absolute Gasteiger partial charge is 0.494 e. The number of aliphatic hydroxyl groups is 1. The summed E-state index contributed by atoms with van der Waals surface area (Å²) in [5.41, 5.74) is 1.25. The highest BCUT2D eigenvalue weighted by Gasteiger charge is 1.95. The molecule has 0 amide bonds. The average Bonchev–Trinajstić information content (AvgIpc) is 2.30. The van der Waals surface area contributed by atoms with E-state index in [1.54, 1.807) is 6.92 Å². The van der Waals surface area contributed by atoms with E-state index in [2.05, 4.69) is 24.4 Å². The zero-order chi connectivity index (χ0) is 12.5. The number of rotatable bonds is 8. The molecule has 0 saturated heterocycles. The third kappa shape index (κ3) is 6.97. The molecule has 17 heavy (non-hydrogen) atoms. The Labute approximate surface area is 104 Å². The topological polar surface area (TPSA) is 41.5 Å². The average molecular weight is 237 g/mol. The fourth-order valence-electron chi connectivity index (χ4n) is 1.49. The Kier molecular flexibility index (Phi) is 6.67. The first-order chi connectivity index (χ1) is 8.18. The minimum atomic E-state index is -0.265. The third-order valence-electron chi connectivity index (χ3n) is 2.48. The SMILES string of the molecule is Cc1ccc(OCCCCNCC(C)O)cc1. The van der Waals surface area contributed by atoms with E-state index in [-0.39, 0.29) is 6.10 Å². The lowest BCUT2D eigenvalue weighted by atomic mass is 10.2. The van der Waals surface area contributed by atoms with Gasteiger partial charge in [0.25, 0.3) is 0 Å². The van der Waals surface area contributed by atoms with Gasteiger partial charge < -0.3 is 15.2 Å². The molecular weight excluding hydrogens is 214 g/mol. The van der Waals surface area contributed by atoms with Crippen LogP contribution in [0.25, 0.3) is 0 Å². The van der Waals surface area contributed by atoms with Gasteiger partial charge in [0.1, 0.15) is 5.75 Å². The molecule has 0 fully saturated rings. The van der Waals surface area contributed by atoms with Crippen molar-refractivity contribution in [1.29, 1.82) is 0 Å². The minimum absolute atomic E-state index is 0.265. The van der Waals surface area contributed by atoms with Gasteiger partial charge in [0.2, 0.25) is 0 Å². The highest BCUT2D eigenvalue weighted by atomic mass is 16.5. The van der Waals surface area contributed by atoms with Gasteiger partial charge in [-0.2, -0.15) is 0 Å². The molecule has 1 unspecified atom stereocenters. The number of nitrogens with one attached hydrogen (secondary N) is 1. The molecule has 1 rings (SSSR count). The second-order valence-corrected chi connectivity index (χ2v) is 4.42. The number of hydrogen-bond acceptors (Lipinski definition) is 3. The Morgan fingerprint density at radius 3 is 2.59 bits per heavy atom. The van der Waals surface area contributed by atoms with Crippen LogP contribution in [0.15, 0.2) is 24.3 Å². The molecule has 3 heteroatoms. The Morgan fingerprint density at radius 1 is 1.24 bits per heavy atom. The molecule has 96 valence electrons. The van der Waals surface area contributed by atoms with Gasteiger partial charge in [-0.15, -0.1) is 0 Å². The lowest BCUT2D eigenvalue weighted by molar-refractivity contribution is 0.191. The normalized spacial score (nSPS) is 12.4. The van der Waals surface area contributed by atoms with Crippen LogP contribution in [0.3, 0.4) is 0 Å². The van der Waals surface area contributed by atoms with Gasteiger partial charge in [-0.25, -0.2) is 0 Å². The maximum atomic E-state index is 9.04. The predicted molar refractivity (Wildman–Crippen MR) is 70.5 cm³/mol. The first-order valence-electron chi connectivity index (χ1n) is 6.27. The van der Waals surface area contributed by atoms with E-state index in [1.807, 2.05) is 12.1 Å². The zero-order valence-electron chi connectivity index (χ0n) is 10.8. The minimum Gasteiger partial charge on any atom is -0.494 e. The first-order valence-corrected chi connectivity index (χ1v) is 6.27. The Morgan fingerprint density at radius 2 is 1.94 bits per heavy atom. The number of unbranched alkanes of at least 4 members (excludes halogenated alkanes) is 1. The van der Waals surface area contributed by atoms with Gasteiger partial charge in [-0.3, -0.25) is 0 Å². The van der Waals surface area contributed by atoms with E-state index in [0.29, 0.717) is 6.54 Å². The number of benzene rings is 1. The molecule has 0 radical (unpaired) electrons. The van der Waals surface area contributed by atoms with Crippen molar-refractivity contribution in [2.24, 2.45) is 0 Å². The molecule has 0 bridgehead atoms. The van der Waals surface area contributed by atoms with Gasteiger partial charge in [0.05, 0.1) is 12.7 Å². The van der Waals surface area contributed by atoms with Crippen molar-refractivity contribution in [3.8, 4) is 5.75 Å². The number of aryl methyl sites for hydroxylation is 1. The lowest BCUT2D eigenvalue weighted by Crippen LogP contribution is -2.25. The third-order valence-corrected chi connectivity index (χ3v) is 2.48. The van der Waals surface area contributed by atoms with Crippen molar-refractivity contribution in [3.05, 3.63) is 29.8 Å². The monoisotopic (exact) mass is 237 g/mol. The van der Waals surface area contributed by atoms with Crippen molar-refractivity contribution in [3.63, 3.8) is 0 Å². The van der Waals surface area contributed by atoms with Gasteiger partial charge in [-0.1, -0.05) is 17.7 Å². The molecule has 0 aliphatic heterocycles. The van der Waals surface area contributed by atoms with Crippen molar-refractivity contribution >= 4 is 0 Å². The highest BCUT2D eigenvalue weighted by molar-refractivity contribution is 5.26. The second kappa shape index (κ2) is 8.09. The van der Waals surface area contributed by atoms with Crippen LogP contribution in [0, 0.1) is 6.92 Å². The van der Waals surface area contributed by atoms with Crippen molar-refractivity contribution in [2.45, 2.75) is 32.8 Å². The first kappa shape index (κ1) is 14.0. The molecule has 3 nitrogen and oxygen atoms in total. The van der Waals surface area contributed by atoms with E-state index >= 15 is 0 Å². The molecule has 0 aliphatic rings. The van der Waals surface area contributed by atoms with Gasteiger partial charge >= 0.3 is 0 Å². The van der Waals surface area contributed by atoms with E-state index in [0.717, 1.165) is 31.7 Å². The molecule has 1 aromatic carbocycles. The second-order valence-electron chi connectivity index (χ2n) is 4.42. The van der Waals surface area contributed by atoms with Crippen LogP contribution >= 0.6 is 0 Å². The quantitative estimate of drug-likeness (QED) is 0.681. The van der Waals surface area contributed by atoms with Crippen molar-refractivity contribution in [1.82, 2.24) is 5.32 Å². The Bertz CT molecular complexity index is 296. The van der Waals surface area contributed by atoms with Crippen LogP contribution in [-0.4, -0.2) is 30.9 Å². The van der Waals surface area contributed by atoms with Crippen LogP contribution in [0.5, 0.6) is 5.75 Å². The summed E-state index contributed by atoms with van der Waals surface area (Å²) in [6.07, 6.45) is 1.83. The Balaban J connectivity index is 1.99. The van der Waals surface area contributed by atoms with E-state index in [9.17, 15) is 0 Å². The van der Waals surface area contributed by atoms with E-state index < -0.39 is 0 Å². The molecule has 1 atom stereocenters.